The summed E-state index contributed by atoms with van der Waals surface area (Å²) in [6, 6.07) is 6.30. The first kappa shape index (κ1) is 14.3. The molecule has 0 bridgehead atoms. The van der Waals surface area contributed by atoms with Crippen molar-refractivity contribution < 1.29 is 14.2 Å². The predicted octanol–water partition coefficient (Wildman–Crippen LogP) is 3.11. The standard InChI is InChI=1S/C15H20BrNO3/c1-10-8-17(9-11(2)20-10)14-4-3-12(16)7-13(14)15-18-5-6-19-15/h3-4,7,10-11,15H,5-6,8-9H2,1-2H3/t10-,11+. The molecule has 0 saturated carbocycles. The summed E-state index contributed by atoms with van der Waals surface area (Å²) in [6.07, 6.45) is 0.220. The molecule has 3 rings (SSSR count). The minimum Gasteiger partial charge on any atom is -0.372 e. The van der Waals surface area contributed by atoms with Gasteiger partial charge in [0.1, 0.15) is 0 Å². The molecule has 0 radical (unpaired) electrons. The van der Waals surface area contributed by atoms with Crippen LogP contribution in [0.1, 0.15) is 25.7 Å². The first-order chi connectivity index (χ1) is 9.63. The van der Waals surface area contributed by atoms with E-state index < -0.39 is 0 Å². The highest BCUT2D eigenvalue weighted by molar-refractivity contribution is 9.10. The van der Waals surface area contributed by atoms with Crippen LogP contribution >= 0.6 is 15.9 Å². The van der Waals surface area contributed by atoms with Gasteiger partial charge in [-0.25, -0.2) is 0 Å². The van der Waals surface area contributed by atoms with Gasteiger partial charge in [-0.3, -0.25) is 0 Å². The lowest BCUT2D eigenvalue weighted by molar-refractivity contribution is -0.0444. The molecule has 2 aliphatic heterocycles. The van der Waals surface area contributed by atoms with Crippen LogP contribution < -0.4 is 4.90 Å². The van der Waals surface area contributed by atoms with Gasteiger partial charge in [-0.15, -0.1) is 0 Å². The summed E-state index contributed by atoms with van der Waals surface area (Å²) in [4.78, 5) is 2.37. The van der Waals surface area contributed by atoms with Crippen molar-refractivity contribution >= 4 is 21.6 Å². The molecule has 0 spiro atoms. The second-order valence-electron chi connectivity index (χ2n) is 5.44. The van der Waals surface area contributed by atoms with Crippen molar-refractivity contribution in [1.82, 2.24) is 0 Å². The number of anilines is 1. The molecule has 110 valence electrons. The van der Waals surface area contributed by atoms with Gasteiger partial charge in [0.15, 0.2) is 6.29 Å². The average molecular weight is 342 g/mol. The van der Waals surface area contributed by atoms with Crippen LogP contribution in [0.15, 0.2) is 22.7 Å². The Morgan fingerprint density at radius 1 is 1.10 bits per heavy atom. The maximum Gasteiger partial charge on any atom is 0.186 e. The number of nitrogens with zero attached hydrogens (tertiary/aromatic N) is 1. The molecule has 4 nitrogen and oxygen atoms in total. The normalized spacial score (nSPS) is 28.1. The lowest BCUT2D eigenvalue weighted by Gasteiger charge is -2.38. The van der Waals surface area contributed by atoms with Gasteiger partial charge in [0.25, 0.3) is 0 Å². The Morgan fingerprint density at radius 3 is 2.40 bits per heavy atom. The first-order valence-electron chi connectivity index (χ1n) is 7.06. The first-order valence-corrected chi connectivity index (χ1v) is 7.86. The summed E-state index contributed by atoms with van der Waals surface area (Å²) in [5.41, 5.74) is 2.28. The maximum absolute atomic E-state index is 5.81. The number of halogens is 1. The van der Waals surface area contributed by atoms with Gasteiger partial charge < -0.3 is 19.1 Å². The van der Waals surface area contributed by atoms with Crippen molar-refractivity contribution in [2.45, 2.75) is 32.3 Å². The van der Waals surface area contributed by atoms with Gasteiger partial charge in [0.05, 0.1) is 25.4 Å². The third-order valence-corrected chi connectivity index (χ3v) is 4.12. The molecule has 1 aromatic rings. The molecule has 0 amide bonds. The predicted molar refractivity (Wildman–Crippen MR) is 81.0 cm³/mol. The van der Waals surface area contributed by atoms with Gasteiger partial charge in [-0.2, -0.15) is 0 Å². The van der Waals surface area contributed by atoms with E-state index >= 15 is 0 Å². The number of hydrogen-bond donors (Lipinski definition) is 0. The van der Waals surface area contributed by atoms with Crippen LogP contribution in [-0.2, 0) is 14.2 Å². The van der Waals surface area contributed by atoms with Crippen LogP contribution in [0, 0.1) is 0 Å². The zero-order chi connectivity index (χ0) is 14.1. The summed E-state index contributed by atoms with van der Waals surface area (Å²) in [7, 11) is 0. The second kappa shape index (κ2) is 6.02. The van der Waals surface area contributed by atoms with E-state index in [4.69, 9.17) is 14.2 Å². The molecule has 0 unspecified atom stereocenters. The Bertz CT molecular complexity index is 466. The van der Waals surface area contributed by atoms with Gasteiger partial charge in [-0.05, 0) is 32.0 Å². The highest BCUT2D eigenvalue weighted by Crippen LogP contribution is 2.35. The second-order valence-corrected chi connectivity index (χ2v) is 6.35. The third-order valence-electron chi connectivity index (χ3n) is 3.63. The van der Waals surface area contributed by atoms with E-state index in [1.807, 2.05) is 0 Å². The molecule has 0 N–H and O–H groups in total. The van der Waals surface area contributed by atoms with E-state index in [9.17, 15) is 0 Å². The quantitative estimate of drug-likeness (QED) is 0.826. The summed E-state index contributed by atoms with van der Waals surface area (Å²) >= 11 is 3.54. The average Bonchev–Trinajstić information content (AvgIpc) is 2.91. The van der Waals surface area contributed by atoms with Crippen LogP contribution in [0.2, 0.25) is 0 Å². The van der Waals surface area contributed by atoms with Crippen LogP contribution in [-0.4, -0.2) is 38.5 Å². The van der Waals surface area contributed by atoms with Gasteiger partial charge in [0.2, 0.25) is 0 Å². The lowest BCUT2D eigenvalue weighted by atomic mass is 10.1. The number of rotatable bonds is 2. The zero-order valence-electron chi connectivity index (χ0n) is 11.8. The number of hydrogen-bond acceptors (Lipinski definition) is 4. The molecule has 2 aliphatic rings. The fourth-order valence-electron chi connectivity index (χ4n) is 2.91. The molecule has 2 fully saturated rings. The molecular formula is C15H20BrNO3. The molecule has 5 heteroatoms. The molecular weight excluding hydrogens is 322 g/mol. The van der Waals surface area contributed by atoms with Crippen molar-refractivity contribution in [1.29, 1.82) is 0 Å². The molecule has 2 atom stereocenters. The minimum absolute atomic E-state index is 0.237. The minimum atomic E-state index is -0.254. The van der Waals surface area contributed by atoms with Crippen molar-refractivity contribution in [3.63, 3.8) is 0 Å². The van der Waals surface area contributed by atoms with Gasteiger partial charge >= 0.3 is 0 Å². The molecule has 20 heavy (non-hydrogen) atoms. The SMILES string of the molecule is C[C@@H]1CN(c2ccc(Br)cc2C2OCCO2)C[C@H](C)O1. The van der Waals surface area contributed by atoms with E-state index in [0.29, 0.717) is 13.2 Å². The lowest BCUT2D eigenvalue weighted by Crippen LogP contribution is -2.46. The Kier molecular flexibility index (Phi) is 4.31. The molecule has 2 heterocycles. The smallest absolute Gasteiger partial charge is 0.186 e. The third kappa shape index (κ3) is 3.01. The van der Waals surface area contributed by atoms with Crippen LogP contribution in [0.4, 0.5) is 5.69 Å². The fourth-order valence-corrected chi connectivity index (χ4v) is 3.29. The molecule has 1 aromatic carbocycles. The Labute approximate surface area is 128 Å². The maximum atomic E-state index is 5.81. The molecule has 0 aromatic heterocycles. The Morgan fingerprint density at radius 2 is 1.75 bits per heavy atom. The van der Waals surface area contributed by atoms with Crippen molar-refractivity contribution in [3.8, 4) is 0 Å². The van der Waals surface area contributed by atoms with Crippen molar-refractivity contribution in [3.05, 3.63) is 28.2 Å². The topological polar surface area (TPSA) is 30.9 Å². The van der Waals surface area contributed by atoms with Gasteiger partial charge in [-0.1, -0.05) is 15.9 Å². The number of morpholine rings is 1. The van der Waals surface area contributed by atoms with Gasteiger partial charge in [0, 0.05) is 28.8 Å². The summed E-state index contributed by atoms with van der Waals surface area (Å²) in [5, 5.41) is 0. The molecule has 0 aliphatic carbocycles. The number of benzene rings is 1. The van der Waals surface area contributed by atoms with E-state index in [2.05, 4.69) is 52.9 Å². The van der Waals surface area contributed by atoms with Crippen LogP contribution in [0.25, 0.3) is 0 Å². The van der Waals surface area contributed by atoms with Crippen molar-refractivity contribution in [2.75, 3.05) is 31.2 Å². The Balaban J connectivity index is 1.91. The van der Waals surface area contributed by atoms with E-state index in [-0.39, 0.29) is 18.5 Å². The van der Waals surface area contributed by atoms with Crippen LogP contribution in [0.5, 0.6) is 0 Å². The Hall–Kier alpha value is -0.620. The van der Waals surface area contributed by atoms with E-state index in [1.165, 1.54) is 5.69 Å². The number of ether oxygens (including phenoxy) is 3. The van der Waals surface area contributed by atoms with E-state index in [0.717, 1.165) is 23.1 Å². The fraction of sp³-hybridized carbons (Fsp3) is 0.600. The van der Waals surface area contributed by atoms with Crippen LogP contribution in [0.3, 0.4) is 0 Å². The zero-order valence-corrected chi connectivity index (χ0v) is 13.4. The highest BCUT2D eigenvalue weighted by Gasteiger charge is 2.28. The van der Waals surface area contributed by atoms with E-state index in [1.54, 1.807) is 0 Å². The monoisotopic (exact) mass is 341 g/mol. The highest BCUT2D eigenvalue weighted by atomic mass is 79.9. The van der Waals surface area contributed by atoms with Crippen molar-refractivity contribution in [2.24, 2.45) is 0 Å². The molecule has 2 saturated heterocycles. The summed E-state index contributed by atoms with van der Waals surface area (Å²) < 4.78 is 18.2. The summed E-state index contributed by atoms with van der Waals surface area (Å²) in [5.74, 6) is 0. The largest absolute Gasteiger partial charge is 0.372 e. The summed E-state index contributed by atoms with van der Waals surface area (Å²) in [6.45, 7) is 7.34.